The first-order chi connectivity index (χ1) is 19.6. The molecule has 2 amide bonds. The summed E-state index contributed by atoms with van der Waals surface area (Å²) in [5.74, 6) is -0.242. The summed E-state index contributed by atoms with van der Waals surface area (Å²) in [5.41, 5.74) is 4.14. The van der Waals surface area contributed by atoms with Crippen molar-refractivity contribution in [1.29, 1.82) is 0 Å². The van der Waals surface area contributed by atoms with E-state index in [1.807, 2.05) is 52.1 Å². The molecule has 218 valence electrons. The Bertz CT molecular complexity index is 1460. The number of aromatic amines is 1. The van der Waals surface area contributed by atoms with Crippen LogP contribution in [0.25, 0.3) is 11.0 Å². The third-order valence-corrected chi connectivity index (χ3v) is 7.51. The number of pyridine rings is 3. The van der Waals surface area contributed by atoms with Crippen molar-refractivity contribution in [3.8, 4) is 0 Å². The largest absolute Gasteiger partial charge is 0.444 e. The molecule has 2 N–H and O–H groups in total. The van der Waals surface area contributed by atoms with E-state index in [0.717, 1.165) is 60.6 Å². The molecule has 3 aromatic rings. The molecule has 0 saturated carbocycles. The highest BCUT2D eigenvalue weighted by Crippen LogP contribution is 2.19. The van der Waals surface area contributed by atoms with Crippen molar-refractivity contribution in [3.05, 3.63) is 63.8 Å². The summed E-state index contributed by atoms with van der Waals surface area (Å²) in [7, 11) is 0. The predicted molar refractivity (Wildman–Crippen MR) is 157 cm³/mol. The molecular weight excluding hydrogens is 522 g/mol. The molecule has 0 radical (unpaired) electrons. The van der Waals surface area contributed by atoms with Crippen molar-refractivity contribution in [1.82, 2.24) is 30.1 Å². The number of piperazine rings is 1. The first-order valence-electron chi connectivity index (χ1n) is 14.3. The third-order valence-electron chi connectivity index (χ3n) is 7.51. The number of ether oxygens (including phenoxy) is 1. The lowest BCUT2D eigenvalue weighted by Crippen LogP contribution is -2.46. The number of rotatable bonds is 6. The quantitative estimate of drug-likeness (QED) is 0.471. The summed E-state index contributed by atoms with van der Waals surface area (Å²) in [6.45, 7) is 12.7. The van der Waals surface area contributed by atoms with E-state index in [4.69, 9.17) is 4.74 Å². The van der Waals surface area contributed by atoms with Gasteiger partial charge in [-0.25, -0.2) is 9.78 Å². The van der Waals surface area contributed by atoms with E-state index in [1.54, 1.807) is 17.2 Å². The lowest BCUT2D eigenvalue weighted by molar-refractivity contribution is 0.0290. The molecule has 2 aliphatic heterocycles. The van der Waals surface area contributed by atoms with Crippen LogP contribution < -0.4 is 15.8 Å². The van der Waals surface area contributed by atoms with Crippen LogP contribution in [0.2, 0.25) is 0 Å². The Hall–Kier alpha value is -3.99. The van der Waals surface area contributed by atoms with Gasteiger partial charge in [-0.3, -0.25) is 19.5 Å². The van der Waals surface area contributed by atoms with Crippen LogP contribution in [0.15, 0.2) is 41.5 Å². The number of aromatic nitrogens is 3. The van der Waals surface area contributed by atoms with Gasteiger partial charge in [0.15, 0.2) is 0 Å². The Labute approximate surface area is 239 Å². The van der Waals surface area contributed by atoms with Gasteiger partial charge >= 0.3 is 6.09 Å². The second kappa shape index (κ2) is 11.9. The van der Waals surface area contributed by atoms with Crippen molar-refractivity contribution in [2.24, 2.45) is 0 Å². The number of nitrogens with zero attached hydrogens (tertiary/aromatic N) is 5. The summed E-state index contributed by atoms with van der Waals surface area (Å²) in [5, 5.41) is 2.99. The Morgan fingerprint density at radius 1 is 1.07 bits per heavy atom. The molecule has 0 spiro atoms. The Balaban J connectivity index is 1.10. The fourth-order valence-corrected chi connectivity index (χ4v) is 5.28. The van der Waals surface area contributed by atoms with Crippen LogP contribution in [0.1, 0.15) is 55.7 Å². The minimum atomic E-state index is -0.549. The number of hydrogen-bond acceptors (Lipinski definition) is 8. The molecular formula is C30H39N7O4. The summed E-state index contributed by atoms with van der Waals surface area (Å²) >= 11 is 0. The maximum atomic E-state index is 12.8. The summed E-state index contributed by atoms with van der Waals surface area (Å²) in [4.78, 5) is 55.5. The fraction of sp³-hybridized carbons (Fsp3) is 0.500. The Morgan fingerprint density at radius 3 is 2.54 bits per heavy atom. The molecule has 5 rings (SSSR count). The summed E-state index contributed by atoms with van der Waals surface area (Å²) in [6, 6.07) is 7.45. The van der Waals surface area contributed by atoms with Gasteiger partial charge in [0.25, 0.3) is 11.5 Å². The third kappa shape index (κ3) is 7.02. The molecule has 41 heavy (non-hydrogen) atoms. The Kier molecular flexibility index (Phi) is 8.25. The van der Waals surface area contributed by atoms with E-state index in [2.05, 4.69) is 30.1 Å². The van der Waals surface area contributed by atoms with Crippen LogP contribution in [-0.2, 0) is 17.7 Å². The van der Waals surface area contributed by atoms with Gasteiger partial charge in [-0.05, 0) is 63.4 Å². The van der Waals surface area contributed by atoms with Crippen LogP contribution in [-0.4, -0.2) is 87.7 Å². The Morgan fingerprint density at radius 2 is 1.85 bits per heavy atom. The zero-order valence-electron chi connectivity index (χ0n) is 24.3. The topological polar surface area (TPSA) is 124 Å². The van der Waals surface area contributed by atoms with Crippen LogP contribution >= 0.6 is 0 Å². The lowest BCUT2D eigenvalue weighted by atomic mass is 10.1. The second-order valence-electron chi connectivity index (χ2n) is 11.8. The van der Waals surface area contributed by atoms with Gasteiger partial charge in [-0.2, -0.15) is 0 Å². The van der Waals surface area contributed by atoms with Crippen molar-refractivity contribution >= 4 is 28.7 Å². The van der Waals surface area contributed by atoms with Crippen LogP contribution in [0.3, 0.4) is 0 Å². The van der Waals surface area contributed by atoms with Crippen molar-refractivity contribution in [2.75, 3.05) is 44.2 Å². The number of H-pyrrole nitrogens is 1. The number of anilines is 1. The molecule has 11 nitrogen and oxygen atoms in total. The van der Waals surface area contributed by atoms with E-state index >= 15 is 0 Å². The number of likely N-dealkylation sites (tertiary alicyclic amines) is 1. The van der Waals surface area contributed by atoms with Crippen molar-refractivity contribution in [3.63, 3.8) is 0 Å². The van der Waals surface area contributed by atoms with E-state index in [-0.39, 0.29) is 23.6 Å². The van der Waals surface area contributed by atoms with Gasteiger partial charge in [0.05, 0.1) is 22.9 Å². The van der Waals surface area contributed by atoms with E-state index < -0.39 is 5.60 Å². The second-order valence-corrected chi connectivity index (χ2v) is 11.8. The number of nitrogens with one attached hydrogen (secondary N) is 2. The molecule has 0 bridgehead atoms. The minimum absolute atomic E-state index is 0.0481. The summed E-state index contributed by atoms with van der Waals surface area (Å²) in [6.07, 6.45) is 4.65. The normalized spacial score (nSPS) is 18.1. The number of carbonyl (C=O) groups excluding carboxylic acids is 2. The number of amides is 2. The highest BCUT2D eigenvalue weighted by molar-refractivity contribution is 5.92. The fourth-order valence-electron chi connectivity index (χ4n) is 5.28. The number of carbonyl (C=O) groups is 2. The number of aryl methyl sites for hydroxylation is 1. The molecule has 2 aliphatic rings. The van der Waals surface area contributed by atoms with E-state index in [0.29, 0.717) is 31.6 Å². The number of fused-ring (bicyclic) bond motifs is 1. The maximum Gasteiger partial charge on any atom is 0.410 e. The van der Waals surface area contributed by atoms with Gasteiger partial charge in [0.2, 0.25) is 0 Å². The monoisotopic (exact) mass is 561 g/mol. The predicted octanol–water partition coefficient (Wildman–Crippen LogP) is 2.94. The van der Waals surface area contributed by atoms with Crippen molar-refractivity contribution in [2.45, 2.75) is 58.7 Å². The first-order valence-corrected chi connectivity index (χ1v) is 14.3. The first kappa shape index (κ1) is 28.5. The van der Waals surface area contributed by atoms with Crippen LogP contribution in [0.4, 0.5) is 10.5 Å². The zero-order chi connectivity index (χ0) is 29.1. The molecule has 0 unspecified atom stereocenters. The molecule has 5 heterocycles. The van der Waals surface area contributed by atoms with E-state index in [1.165, 1.54) is 0 Å². The molecule has 2 saturated heterocycles. The highest BCUT2D eigenvalue weighted by atomic mass is 16.6. The van der Waals surface area contributed by atoms with Gasteiger partial charge in [0.1, 0.15) is 11.3 Å². The molecule has 11 heteroatoms. The van der Waals surface area contributed by atoms with Gasteiger partial charge in [-0.1, -0.05) is 6.92 Å². The molecule has 2 fully saturated rings. The molecule has 0 aliphatic carbocycles. The molecule has 3 aromatic heterocycles. The van der Waals surface area contributed by atoms with Gasteiger partial charge in [-0.15, -0.1) is 0 Å². The number of hydrogen-bond donors (Lipinski definition) is 2. The van der Waals surface area contributed by atoms with Crippen LogP contribution in [0, 0.1) is 0 Å². The standard InChI is InChI=1S/C30H39N7O4/c1-5-21-15-25-26(34-27(21)38)14-20(16-31-25)18-35-10-12-36(13-11-35)23-6-7-24(32-17-23)28(39)33-22-8-9-37(19-22)29(40)41-30(2,3)4/h6-7,14-17,22H,5,8-13,18-19H2,1-4H3,(H,33,39)(H,34,38)/t22-/m1/s1. The summed E-state index contributed by atoms with van der Waals surface area (Å²) < 4.78 is 5.43. The minimum Gasteiger partial charge on any atom is -0.444 e. The van der Waals surface area contributed by atoms with Crippen LogP contribution in [0.5, 0.6) is 0 Å². The molecule has 0 aromatic carbocycles. The average molecular weight is 562 g/mol. The van der Waals surface area contributed by atoms with Crippen molar-refractivity contribution < 1.29 is 14.3 Å². The average Bonchev–Trinajstić information content (AvgIpc) is 3.41. The lowest BCUT2D eigenvalue weighted by Gasteiger charge is -2.36. The van der Waals surface area contributed by atoms with Gasteiger partial charge < -0.3 is 24.8 Å². The zero-order valence-corrected chi connectivity index (χ0v) is 24.3. The maximum absolute atomic E-state index is 12.8. The van der Waals surface area contributed by atoms with E-state index in [9.17, 15) is 14.4 Å². The van der Waals surface area contributed by atoms with Gasteiger partial charge in [0, 0.05) is 63.6 Å². The smallest absolute Gasteiger partial charge is 0.410 e. The highest BCUT2D eigenvalue weighted by Gasteiger charge is 2.31. The SMILES string of the molecule is CCc1cc2ncc(CN3CCN(c4ccc(C(=O)N[C@@H]5CCN(C(=O)OC(C)(C)C)C5)nc4)CC3)cc2[nH]c1=O. The molecule has 1 atom stereocenters.